The Balaban J connectivity index is 2.54. The fourth-order valence-electron chi connectivity index (χ4n) is 3.28. The number of rotatable bonds is 4. The van der Waals surface area contributed by atoms with E-state index in [4.69, 9.17) is 4.74 Å². The Morgan fingerprint density at radius 1 is 1.42 bits per heavy atom. The summed E-state index contributed by atoms with van der Waals surface area (Å²) in [6.07, 6.45) is 1.09. The summed E-state index contributed by atoms with van der Waals surface area (Å²) in [7, 11) is 0. The van der Waals surface area contributed by atoms with Gasteiger partial charge in [-0.05, 0) is 44.7 Å². The van der Waals surface area contributed by atoms with Crippen molar-refractivity contribution in [3.05, 3.63) is 23.8 Å². The topological polar surface area (TPSA) is 32.7 Å². The number of ether oxygens (including phenoxy) is 1. The zero-order chi connectivity index (χ0) is 14.0. The first-order valence-corrected chi connectivity index (χ1v) is 7.15. The van der Waals surface area contributed by atoms with Crippen LogP contribution in [0.25, 0.3) is 0 Å². The van der Waals surface area contributed by atoms with Crippen molar-refractivity contribution in [1.29, 1.82) is 0 Å². The molecule has 1 aliphatic rings. The van der Waals surface area contributed by atoms with Crippen molar-refractivity contribution in [2.45, 2.75) is 45.6 Å². The van der Waals surface area contributed by atoms with E-state index < -0.39 is 0 Å². The van der Waals surface area contributed by atoms with Crippen LogP contribution in [0, 0.1) is 0 Å². The third-order valence-electron chi connectivity index (χ3n) is 3.99. The van der Waals surface area contributed by atoms with Crippen LogP contribution in [0.2, 0.25) is 0 Å². The van der Waals surface area contributed by atoms with Crippen LogP contribution in [0.15, 0.2) is 18.2 Å². The molecule has 2 rings (SSSR count). The zero-order valence-electron chi connectivity index (χ0n) is 12.4. The molecule has 19 heavy (non-hydrogen) atoms. The second-order valence-electron chi connectivity index (χ2n) is 5.92. The average molecular weight is 263 g/mol. The van der Waals surface area contributed by atoms with E-state index in [-0.39, 0.29) is 12.1 Å². The van der Waals surface area contributed by atoms with E-state index >= 15 is 0 Å². The molecule has 0 spiro atoms. The summed E-state index contributed by atoms with van der Waals surface area (Å²) in [5, 5.41) is 9.38. The number of fused-ring (bicyclic) bond motifs is 1. The molecular weight excluding hydrogens is 238 g/mol. The number of aliphatic hydroxyl groups excluding tert-OH is 1. The Morgan fingerprint density at radius 3 is 2.79 bits per heavy atom. The van der Waals surface area contributed by atoms with Gasteiger partial charge in [-0.15, -0.1) is 0 Å². The highest BCUT2D eigenvalue weighted by Crippen LogP contribution is 2.47. The minimum atomic E-state index is 0.0440. The molecule has 0 amide bonds. The molecule has 0 radical (unpaired) electrons. The number of β-amino-alcohol motifs (C(OH)–C–C–N with tert-alkyl or cyclic N) is 1. The Bertz CT molecular complexity index is 442. The zero-order valence-corrected chi connectivity index (χ0v) is 12.4. The quantitative estimate of drug-likeness (QED) is 0.905. The molecule has 1 atom stereocenters. The maximum absolute atomic E-state index is 9.38. The number of nitrogens with zero attached hydrogens (tertiary/aromatic N) is 1. The molecule has 3 nitrogen and oxygen atoms in total. The van der Waals surface area contributed by atoms with Crippen LogP contribution in [-0.2, 0) is 0 Å². The van der Waals surface area contributed by atoms with E-state index in [1.807, 2.05) is 13.0 Å². The molecule has 0 saturated heterocycles. The highest BCUT2D eigenvalue weighted by Gasteiger charge is 2.37. The molecule has 0 aromatic heterocycles. The Hall–Kier alpha value is -1.22. The van der Waals surface area contributed by atoms with Gasteiger partial charge in [0.2, 0.25) is 0 Å². The first-order valence-electron chi connectivity index (χ1n) is 7.15. The average Bonchev–Trinajstić information content (AvgIpc) is 2.34. The summed E-state index contributed by atoms with van der Waals surface area (Å²) in [6, 6.07) is 6.28. The number of anilines is 1. The molecule has 1 unspecified atom stereocenters. The van der Waals surface area contributed by atoms with Gasteiger partial charge in [0.05, 0.1) is 18.9 Å². The van der Waals surface area contributed by atoms with Gasteiger partial charge in [-0.25, -0.2) is 0 Å². The molecule has 0 bridgehead atoms. The van der Waals surface area contributed by atoms with Crippen LogP contribution >= 0.6 is 0 Å². The van der Waals surface area contributed by atoms with Crippen molar-refractivity contribution >= 4 is 5.69 Å². The molecule has 1 aromatic rings. The van der Waals surface area contributed by atoms with Gasteiger partial charge in [0.25, 0.3) is 0 Å². The van der Waals surface area contributed by atoms with Gasteiger partial charge in [-0.3, -0.25) is 0 Å². The maximum Gasteiger partial charge on any atom is 0.142 e. The highest BCUT2D eigenvalue weighted by atomic mass is 16.5. The fraction of sp³-hybridized carbons (Fsp3) is 0.625. The van der Waals surface area contributed by atoms with Gasteiger partial charge in [-0.2, -0.15) is 0 Å². The summed E-state index contributed by atoms with van der Waals surface area (Å²) in [4.78, 5) is 2.30. The molecule has 1 N–H and O–H groups in total. The second-order valence-corrected chi connectivity index (χ2v) is 5.92. The molecule has 0 fully saturated rings. The van der Waals surface area contributed by atoms with Gasteiger partial charge in [0, 0.05) is 12.1 Å². The fourth-order valence-corrected chi connectivity index (χ4v) is 3.28. The Kier molecular flexibility index (Phi) is 4.04. The monoisotopic (exact) mass is 263 g/mol. The predicted molar refractivity (Wildman–Crippen MR) is 79.2 cm³/mol. The standard InChI is InChI=1S/C16H25NO2/c1-5-19-14-8-6-7-13-12(2)11-16(3,4)17(9-10-18)15(13)14/h6-8,12,18H,5,9-11H2,1-4H3. The number of aliphatic hydroxyl groups is 1. The van der Waals surface area contributed by atoms with Crippen LogP contribution in [0.5, 0.6) is 5.75 Å². The first kappa shape index (κ1) is 14.2. The summed E-state index contributed by atoms with van der Waals surface area (Å²) in [5.74, 6) is 1.45. The molecule has 3 heteroatoms. The van der Waals surface area contributed by atoms with Gasteiger partial charge < -0.3 is 14.7 Å². The maximum atomic E-state index is 9.38. The number of benzene rings is 1. The number of para-hydroxylation sites is 1. The van der Waals surface area contributed by atoms with Crippen LogP contribution in [0.3, 0.4) is 0 Å². The largest absolute Gasteiger partial charge is 0.492 e. The number of hydrogen-bond acceptors (Lipinski definition) is 3. The summed E-state index contributed by atoms with van der Waals surface area (Å²) < 4.78 is 5.80. The van der Waals surface area contributed by atoms with Crippen LogP contribution in [0.1, 0.15) is 45.6 Å². The van der Waals surface area contributed by atoms with Crippen molar-refractivity contribution in [3.8, 4) is 5.75 Å². The van der Waals surface area contributed by atoms with Gasteiger partial charge in [0.15, 0.2) is 0 Å². The Morgan fingerprint density at radius 2 is 2.16 bits per heavy atom. The SMILES string of the molecule is CCOc1cccc2c1N(CCO)C(C)(C)CC2C. The Labute approximate surface area is 116 Å². The highest BCUT2D eigenvalue weighted by molar-refractivity contribution is 5.68. The van der Waals surface area contributed by atoms with Crippen molar-refractivity contribution < 1.29 is 9.84 Å². The lowest BCUT2D eigenvalue weighted by Crippen LogP contribution is -2.49. The van der Waals surface area contributed by atoms with Crippen molar-refractivity contribution in [2.75, 3.05) is 24.7 Å². The van der Waals surface area contributed by atoms with Crippen molar-refractivity contribution in [2.24, 2.45) is 0 Å². The lowest BCUT2D eigenvalue weighted by Gasteiger charge is -2.47. The molecule has 0 aliphatic carbocycles. The van der Waals surface area contributed by atoms with Gasteiger partial charge in [-0.1, -0.05) is 19.1 Å². The van der Waals surface area contributed by atoms with E-state index in [1.165, 1.54) is 11.3 Å². The van der Waals surface area contributed by atoms with E-state index in [1.54, 1.807) is 0 Å². The van der Waals surface area contributed by atoms with Gasteiger partial charge in [0.1, 0.15) is 5.75 Å². The number of hydrogen-bond donors (Lipinski definition) is 1. The molecule has 1 aliphatic heterocycles. The summed E-state index contributed by atoms with van der Waals surface area (Å²) >= 11 is 0. The molecule has 0 saturated carbocycles. The smallest absolute Gasteiger partial charge is 0.142 e. The normalized spacial score (nSPS) is 21.1. The van der Waals surface area contributed by atoms with Gasteiger partial charge >= 0.3 is 0 Å². The first-order chi connectivity index (χ1) is 9.01. The van der Waals surface area contributed by atoms with Crippen molar-refractivity contribution in [1.82, 2.24) is 0 Å². The molecule has 1 heterocycles. The molecule has 106 valence electrons. The molecule has 1 aromatic carbocycles. The van der Waals surface area contributed by atoms with E-state index in [0.29, 0.717) is 19.1 Å². The second kappa shape index (κ2) is 5.41. The predicted octanol–water partition coefficient (Wildman–Crippen LogP) is 3.17. The lowest BCUT2D eigenvalue weighted by atomic mass is 9.80. The van der Waals surface area contributed by atoms with Crippen molar-refractivity contribution in [3.63, 3.8) is 0 Å². The minimum absolute atomic E-state index is 0.0440. The summed E-state index contributed by atoms with van der Waals surface area (Å²) in [5.41, 5.74) is 2.54. The van der Waals surface area contributed by atoms with Crippen LogP contribution in [-0.4, -0.2) is 30.4 Å². The minimum Gasteiger partial charge on any atom is -0.492 e. The van der Waals surface area contributed by atoms with Crippen LogP contribution in [0.4, 0.5) is 5.69 Å². The van der Waals surface area contributed by atoms with E-state index in [9.17, 15) is 5.11 Å². The van der Waals surface area contributed by atoms with E-state index in [2.05, 4.69) is 37.8 Å². The molecular formula is C16H25NO2. The third-order valence-corrected chi connectivity index (χ3v) is 3.99. The lowest BCUT2D eigenvalue weighted by molar-refractivity contribution is 0.273. The third kappa shape index (κ3) is 2.57. The van der Waals surface area contributed by atoms with Crippen LogP contribution < -0.4 is 9.64 Å². The summed E-state index contributed by atoms with van der Waals surface area (Å²) in [6.45, 7) is 10.2. The van der Waals surface area contributed by atoms with E-state index in [0.717, 1.165) is 12.2 Å².